The Labute approximate surface area is 369 Å². The topological polar surface area (TPSA) is 454 Å². The van der Waals surface area contributed by atoms with Crippen LogP contribution in [0, 0.1) is 0 Å². The van der Waals surface area contributed by atoms with Crippen molar-refractivity contribution < 1.29 is 129 Å². The van der Waals surface area contributed by atoms with Crippen LogP contribution in [0.3, 0.4) is 0 Å². The van der Waals surface area contributed by atoms with E-state index in [4.69, 9.17) is 42.6 Å². The Morgan fingerprint density at radius 2 is 0.754 bits per heavy atom. The third kappa shape index (κ3) is 12.2. The quantitative estimate of drug-likeness (QED) is 0.0683. The van der Waals surface area contributed by atoms with Gasteiger partial charge in [-0.25, -0.2) is 0 Å². The SMILES string of the molecule is CC(=O)N[C@H]1[C@H](OC[C@H]2O[C@H](OC[C@H]3O[C@@H](O)[C@@H](O)[C@@H](O)[C@@H]3O)[C@@H](O[C@@H]3O[C@H](CO)[C@@H](O)[C@H](O)[C@H]3NC(C)=O)[C@@H](O)[C@@H]2O[C@@H]2O[C@H](CO)[C@@H](O)[C@H](O)[C@H]2NC(C)=O)O[C@H](CO)[C@@H](O)[C@@H]1O. The van der Waals surface area contributed by atoms with Gasteiger partial charge in [-0.3, -0.25) is 14.4 Å². The van der Waals surface area contributed by atoms with E-state index in [0.29, 0.717) is 0 Å². The number of ether oxygens (including phenoxy) is 9. The number of rotatable bonds is 16. The van der Waals surface area contributed by atoms with Gasteiger partial charge in [0.25, 0.3) is 0 Å². The molecule has 0 aliphatic carbocycles. The van der Waals surface area contributed by atoms with Crippen molar-refractivity contribution in [3.8, 4) is 0 Å². The van der Waals surface area contributed by atoms with Crippen LogP contribution in [0.25, 0.3) is 0 Å². The molecule has 0 bridgehead atoms. The second kappa shape index (κ2) is 23.2. The summed E-state index contributed by atoms with van der Waals surface area (Å²) in [5.74, 6) is -2.28. The zero-order valence-electron chi connectivity index (χ0n) is 35.1. The summed E-state index contributed by atoms with van der Waals surface area (Å²) in [6.07, 6.45) is -40.5. The first-order chi connectivity index (χ1) is 30.6. The summed E-state index contributed by atoms with van der Waals surface area (Å²) in [6.45, 7) is -1.22. The van der Waals surface area contributed by atoms with Crippen molar-refractivity contribution in [2.75, 3.05) is 33.0 Å². The van der Waals surface area contributed by atoms with E-state index in [9.17, 15) is 85.9 Å². The standard InChI is InChI=1S/C36H61N3O26/c1-9(43)37-17-24(50)20(46)12(4-40)60-33(17)57-8-16-30(64-34-18(38-10(2)44)25(51)21(47)13(5-41)61-34)29(55)31(36(63-16)58-7-15-23(49)27(53)28(54)32(56)59-15)65-35-19(39-11(3)45)26(52)22(48)14(6-42)62-35/h12-36,40-42,46-56H,4-8H2,1-3H3,(H,37,43)(H,38,44)(H,39,45)/t12-,13-,14-,15-,16-,17-,18-,19-,20-,21-,22-,23-,24-,25-,26-,27+,28+,29+,30-,31+,32-,33-,34+,35+,36+/m1/s1. The van der Waals surface area contributed by atoms with Crippen molar-refractivity contribution >= 4 is 17.7 Å². The van der Waals surface area contributed by atoms with Gasteiger partial charge in [-0.2, -0.15) is 0 Å². The lowest BCUT2D eigenvalue weighted by atomic mass is 9.94. The lowest BCUT2D eigenvalue weighted by Crippen LogP contribution is -2.70. The third-order valence-corrected chi connectivity index (χ3v) is 11.5. The lowest BCUT2D eigenvalue weighted by molar-refractivity contribution is -0.383. The van der Waals surface area contributed by atoms with Crippen molar-refractivity contribution in [2.45, 2.75) is 174 Å². The maximum atomic E-state index is 12.4. The number of hydrogen-bond donors (Lipinski definition) is 17. The van der Waals surface area contributed by atoms with Gasteiger partial charge < -0.3 is 130 Å². The van der Waals surface area contributed by atoms with Crippen molar-refractivity contribution in [3.63, 3.8) is 0 Å². The summed E-state index contributed by atoms with van der Waals surface area (Å²) in [5.41, 5.74) is 0. The number of aliphatic hydroxyl groups excluding tert-OH is 14. The molecule has 5 fully saturated rings. The fourth-order valence-electron chi connectivity index (χ4n) is 8.02. The van der Waals surface area contributed by atoms with Crippen LogP contribution in [0.2, 0.25) is 0 Å². The molecule has 25 atom stereocenters. The van der Waals surface area contributed by atoms with E-state index in [1.807, 2.05) is 0 Å². The summed E-state index contributed by atoms with van der Waals surface area (Å²) in [7, 11) is 0. The Morgan fingerprint density at radius 1 is 0.400 bits per heavy atom. The second-order valence-corrected chi connectivity index (χ2v) is 16.2. The Kier molecular flexibility index (Phi) is 19.1. The van der Waals surface area contributed by atoms with Crippen LogP contribution in [0.5, 0.6) is 0 Å². The van der Waals surface area contributed by atoms with Gasteiger partial charge >= 0.3 is 0 Å². The highest BCUT2D eigenvalue weighted by Crippen LogP contribution is 2.35. The second-order valence-electron chi connectivity index (χ2n) is 16.2. The first kappa shape index (κ1) is 53.4. The minimum atomic E-state index is -2.19. The highest BCUT2D eigenvalue weighted by atomic mass is 16.8. The summed E-state index contributed by atoms with van der Waals surface area (Å²) in [4.78, 5) is 36.7. The van der Waals surface area contributed by atoms with E-state index >= 15 is 0 Å². The van der Waals surface area contributed by atoms with Crippen molar-refractivity contribution in [2.24, 2.45) is 0 Å². The molecule has 3 amide bonds. The number of nitrogens with one attached hydrogen (secondary N) is 3. The van der Waals surface area contributed by atoms with Gasteiger partial charge in [0.1, 0.15) is 122 Å². The molecule has 0 aromatic heterocycles. The first-order valence-electron chi connectivity index (χ1n) is 20.6. The molecule has 17 N–H and O–H groups in total. The van der Waals surface area contributed by atoms with Gasteiger partial charge in [0.2, 0.25) is 17.7 Å². The van der Waals surface area contributed by atoms with Crippen LogP contribution >= 0.6 is 0 Å². The van der Waals surface area contributed by atoms with Gasteiger partial charge in [0, 0.05) is 20.8 Å². The maximum Gasteiger partial charge on any atom is 0.217 e. The Morgan fingerprint density at radius 3 is 1.18 bits per heavy atom. The van der Waals surface area contributed by atoms with E-state index in [1.54, 1.807) is 0 Å². The zero-order chi connectivity index (χ0) is 48.2. The molecule has 5 rings (SSSR count). The predicted molar refractivity (Wildman–Crippen MR) is 201 cm³/mol. The van der Waals surface area contributed by atoms with Crippen molar-refractivity contribution in [1.29, 1.82) is 0 Å². The largest absolute Gasteiger partial charge is 0.394 e. The van der Waals surface area contributed by atoms with Gasteiger partial charge in [-0.1, -0.05) is 0 Å². The van der Waals surface area contributed by atoms with E-state index in [0.717, 1.165) is 20.8 Å². The smallest absolute Gasteiger partial charge is 0.217 e. The normalized spacial score (nSPS) is 47.1. The molecule has 0 aromatic rings. The predicted octanol–water partition coefficient (Wildman–Crippen LogP) is -11.5. The number of carbonyl (C=O) groups excluding carboxylic acids is 3. The minimum absolute atomic E-state index is 0.726. The molecule has 0 radical (unpaired) electrons. The molecule has 5 aliphatic rings. The van der Waals surface area contributed by atoms with E-state index < -0.39 is 204 Å². The van der Waals surface area contributed by atoms with Gasteiger partial charge in [-0.15, -0.1) is 0 Å². The molecule has 5 heterocycles. The third-order valence-electron chi connectivity index (χ3n) is 11.5. The average molecular weight is 952 g/mol. The Balaban J connectivity index is 1.56. The Hall–Kier alpha value is -2.51. The molecule has 0 aromatic carbocycles. The maximum absolute atomic E-state index is 12.4. The molecule has 29 nitrogen and oxygen atoms in total. The van der Waals surface area contributed by atoms with Crippen LogP contribution in [-0.2, 0) is 57.0 Å². The minimum Gasteiger partial charge on any atom is -0.394 e. The molecule has 65 heavy (non-hydrogen) atoms. The van der Waals surface area contributed by atoms with Gasteiger partial charge in [-0.05, 0) is 0 Å². The molecular weight excluding hydrogens is 890 g/mol. The Bertz CT molecular complexity index is 1560. The summed E-state index contributed by atoms with van der Waals surface area (Å²) in [5, 5.41) is 155. The molecule has 5 aliphatic heterocycles. The monoisotopic (exact) mass is 951 g/mol. The summed E-state index contributed by atoms with van der Waals surface area (Å²) in [6, 6.07) is -4.83. The molecule has 376 valence electrons. The van der Waals surface area contributed by atoms with E-state index in [2.05, 4.69) is 16.0 Å². The number of aliphatic hydroxyl groups is 14. The molecule has 5 saturated heterocycles. The number of amides is 3. The first-order valence-corrected chi connectivity index (χ1v) is 20.6. The van der Waals surface area contributed by atoms with Crippen molar-refractivity contribution in [3.05, 3.63) is 0 Å². The van der Waals surface area contributed by atoms with Crippen LogP contribution in [0.15, 0.2) is 0 Å². The summed E-state index contributed by atoms with van der Waals surface area (Å²) >= 11 is 0. The lowest BCUT2D eigenvalue weighted by Gasteiger charge is -2.50. The molecule has 29 heteroatoms. The molecule has 0 saturated carbocycles. The van der Waals surface area contributed by atoms with Crippen molar-refractivity contribution in [1.82, 2.24) is 16.0 Å². The fraction of sp³-hybridized carbons (Fsp3) is 0.917. The fourth-order valence-corrected chi connectivity index (χ4v) is 8.02. The average Bonchev–Trinajstić information content (AvgIpc) is 3.25. The number of carbonyl (C=O) groups is 3. The van der Waals surface area contributed by atoms with E-state index in [1.165, 1.54) is 0 Å². The number of hydrogen-bond acceptors (Lipinski definition) is 26. The van der Waals surface area contributed by atoms with Crippen LogP contribution in [0.1, 0.15) is 20.8 Å². The van der Waals surface area contributed by atoms with Gasteiger partial charge in [0.05, 0.1) is 33.0 Å². The zero-order valence-corrected chi connectivity index (χ0v) is 35.1. The van der Waals surface area contributed by atoms with Crippen LogP contribution in [-0.4, -0.2) is 276 Å². The van der Waals surface area contributed by atoms with Gasteiger partial charge in [0.15, 0.2) is 31.5 Å². The highest BCUT2D eigenvalue weighted by Gasteiger charge is 2.56. The highest BCUT2D eigenvalue weighted by molar-refractivity contribution is 5.74. The van der Waals surface area contributed by atoms with E-state index in [-0.39, 0.29) is 0 Å². The van der Waals surface area contributed by atoms with Crippen LogP contribution < -0.4 is 16.0 Å². The molecular formula is C36H61N3O26. The molecule has 0 spiro atoms. The van der Waals surface area contributed by atoms with Crippen LogP contribution in [0.4, 0.5) is 0 Å². The molecule has 0 unspecified atom stereocenters. The summed E-state index contributed by atoms with van der Waals surface area (Å²) < 4.78 is 52.6.